The van der Waals surface area contributed by atoms with Crippen molar-refractivity contribution >= 4 is 51.3 Å². The van der Waals surface area contributed by atoms with Crippen molar-refractivity contribution in [2.24, 2.45) is 5.73 Å². The standard InChI is InChI=1S/C35H37N7O10S/c1-53(49,50)23-8-5-20(6-9-23)16-26-30(31(36)44)37-18-28(39-26)41-13-2-4-21(19-41)38-35(48)52-15-3-14-51-22-7-10-24-25(17-22)34(47)42(33(24)46)27-11-12-29(43)40-32(27)45/h5-10,17-18,21,27H,2-4,11-16,19H2,1H3,(H2,36,44)(H,38,48)(H,40,43,45)/t21-,27?/m1/s1. The third-order valence-electron chi connectivity index (χ3n) is 9.06. The monoisotopic (exact) mass is 747 g/mol. The van der Waals surface area contributed by atoms with Crippen molar-refractivity contribution in [3.8, 4) is 5.75 Å². The number of carbonyl (C=O) groups excluding carboxylic acids is 6. The van der Waals surface area contributed by atoms with Crippen LogP contribution in [0.15, 0.2) is 53.6 Å². The maximum absolute atomic E-state index is 13.0. The van der Waals surface area contributed by atoms with Crippen LogP contribution in [0.25, 0.3) is 0 Å². The van der Waals surface area contributed by atoms with Crippen LogP contribution in [0, 0.1) is 0 Å². The van der Waals surface area contributed by atoms with E-state index in [9.17, 15) is 37.2 Å². The number of anilines is 1. The molecule has 6 amide bonds. The second-order valence-electron chi connectivity index (χ2n) is 12.9. The zero-order valence-corrected chi connectivity index (χ0v) is 29.5. The number of rotatable bonds is 12. The largest absolute Gasteiger partial charge is 0.493 e. The Morgan fingerprint density at radius 3 is 2.49 bits per heavy atom. The lowest BCUT2D eigenvalue weighted by Gasteiger charge is -2.33. The van der Waals surface area contributed by atoms with Gasteiger partial charge in [0, 0.05) is 44.6 Å². The molecule has 17 nitrogen and oxygen atoms in total. The summed E-state index contributed by atoms with van der Waals surface area (Å²) in [6.45, 7) is 1.23. The number of hydrogen-bond donors (Lipinski definition) is 3. The van der Waals surface area contributed by atoms with Gasteiger partial charge >= 0.3 is 6.09 Å². The van der Waals surface area contributed by atoms with Crippen LogP contribution < -0.4 is 26.0 Å². The molecule has 3 aliphatic rings. The van der Waals surface area contributed by atoms with E-state index in [0.29, 0.717) is 43.2 Å². The minimum atomic E-state index is -3.37. The number of ether oxygens (including phenoxy) is 2. The molecule has 53 heavy (non-hydrogen) atoms. The predicted octanol–water partition coefficient (Wildman–Crippen LogP) is 1.14. The fourth-order valence-corrected chi connectivity index (χ4v) is 7.04. The molecule has 0 aliphatic carbocycles. The zero-order valence-electron chi connectivity index (χ0n) is 28.7. The highest BCUT2D eigenvalue weighted by Crippen LogP contribution is 2.30. The maximum atomic E-state index is 13.0. The second kappa shape index (κ2) is 15.4. The number of primary amides is 1. The van der Waals surface area contributed by atoms with Crippen LogP contribution in [0.1, 0.15) is 74.6 Å². The van der Waals surface area contributed by atoms with E-state index >= 15 is 0 Å². The SMILES string of the molecule is CS(=O)(=O)c1ccc(Cc2nc(N3CCC[C@@H](NC(=O)OCCCOc4ccc5c(c4)C(=O)N(C4CCC(=O)NC4=O)C5=O)C3)cnc2C(N)=O)cc1. The molecule has 4 heterocycles. The van der Waals surface area contributed by atoms with Gasteiger partial charge in [0.2, 0.25) is 11.8 Å². The number of fused-ring (bicyclic) bond motifs is 1. The summed E-state index contributed by atoms with van der Waals surface area (Å²) in [5.41, 5.74) is 6.87. The average Bonchev–Trinajstić information content (AvgIpc) is 3.36. The van der Waals surface area contributed by atoms with E-state index in [0.717, 1.165) is 23.1 Å². The summed E-state index contributed by atoms with van der Waals surface area (Å²) in [6, 6.07) is 9.36. The molecule has 278 valence electrons. The number of amides is 6. The summed E-state index contributed by atoms with van der Waals surface area (Å²) in [7, 11) is -3.37. The lowest BCUT2D eigenvalue weighted by Crippen LogP contribution is -2.54. The molecule has 3 aromatic rings. The van der Waals surface area contributed by atoms with Crippen LogP contribution in [0.3, 0.4) is 0 Å². The van der Waals surface area contributed by atoms with Gasteiger partial charge in [0.1, 0.15) is 23.3 Å². The summed E-state index contributed by atoms with van der Waals surface area (Å²) in [5, 5.41) is 5.03. The number of nitrogens with two attached hydrogens (primary N) is 1. The van der Waals surface area contributed by atoms with Crippen LogP contribution in [-0.4, -0.2) is 104 Å². The number of nitrogens with zero attached hydrogens (tertiary/aromatic N) is 4. The highest BCUT2D eigenvalue weighted by Gasteiger charge is 2.44. The first-order chi connectivity index (χ1) is 25.3. The third kappa shape index (κ3) is 8.43. The minimum Gasteiger partial charge on any atom is -0.493 e. The molecule has 0 radical (unpaired) electrons. The fourth-order valence-electron chi connectivity index (χ4n) is 6.41. The van der Waals surface area contributed by atoms with Crippen molar-refractivity contribution in [3.63, 3.8) is 0 Å². The molecule has 2 aromatic carbocycles. The molecule has 0 spiro atoms. The normalized spacial score (nSPS) is 18.7. The highest BCUT2D eigenvalue weighted by atomic mass is 32.2. The van der Waals surface area contributed by atoms with Crippen molar-refractivity contribution in [2.45, 2.75) is 55.5 Å². The number of piperidine rings is 2. The summed E-state index contributed by atoms with van der Waals surface area (Å²) in [4.78, 5) is 86.4. The van der Waals surface area contributed by atoms with Gasteiger partial charge in [-0.15, -0.1) is 0 Å². The van der Waals surface area contributed by atoms with Crippen LogP contribution in [0.2, 0.25) is 0 Å². The molecule has 0 saturated carbocycles. The van der Waals surface area contributed by atoms with E-state index in [2.05, 4.69) is 20.6 Å². The van der Waals surface area contributed by atoms with Gasteiger partial charge < -0.3 is 25.4 Å². The van der Waals surface area contributed by atoms with Crippen LogP contribution in [0.4, 0.5) is 10.6 Å². The lowest BCUT2D eigenvalue weighted by atomic mass is 10.0. The summed E-state index contributed by atoms with van der Waals surface area (Å²) in [5.74, 6) is -2.31. The molecular weight excluding hydrogens is 710 g/mol. The zero-order chi connectivity index (χ0) is 37.9. The fraction of sp³-hybridized carbons (Fsp3) is 0.371. The molecule has 3 aliphatic heterocycles. The van der Waals surface area contributed by atoms with Gasteiger partial charge in [-0.1, -0.05) is 12.1 Å². The second-order valence-corrected chi connectivity index (χ2v) is 14.9. The number of hydrogen-bond acceptors (Lipinski definition) is 13. The van der Waals surface area contributed by atoms with Crippen LogP contribution >= 0.6 is 0 Å². The number of sulfone groups is 1. The number of aromatic nitrogens is 2. The van der Waals surface area contributed by atoms with E-state index in [-0.39, 0.29) is 60.2 Å². The predicted molar refractivity (Wildman–Crippen MR) is 186 cm³/mol. The first kappa shape index (κ1) is 36.9. The van der Waals surface area contributed by atoms with Gasteiger partial charge in [-0.3, -0.25) is 34.2 Å². The molecule has 1 unspecified atom stereocenters. The Bertz CT molecular complexity index is 2090. The molecule has 4 N–H and O–H groups in total. The molecule has 18 heteroatoms. The van der Waals surface area contributed by atoms with Gasteiger partial charge in [-0.05, 0) is 55.2 Å². The van der Waals surface area contributed by atoms with E-state index in [1.165, 1.54) is 36.5 Å². The first-order valence-corrected chi connectivity index (χ1v) is 18.8. The Morgan fingerprint density at radius 2 is 1.77 bits per heavy atom. The number of nitrogens with one attached hydrogen (secondary N) is 2. The van der Waals surface area contributed by atoms with E-state index < -0.39 is 51.5 Å². The van der Waals surface area contributed by atoms with Gasteiger partial charge in [0.05, 0.1) is 41.1 Å². The number of benzene rings is 2. The molecule has 6 rings (SSSR count). The minimum absolute atomic E-state index is 0.0105. The van der Waals surface area contributed by atoms with Gasteiger partial charge in [0.25, 0.3) is 17.7 Å². The molecule has 2 atom stereocenters. The van der Waals surface area contributed by atoms with Crippen molar-refractivity contribution in [3.05, 3.63) is 76.7 Å². The number of carbonyl (C=O) groups is 6. The molecule has 1 aromatic heterocycles. The molecule has 0 bridgehead atoms. The molecule has 2 saturated heterocycles. The molecular formula is C35H37N7O10S. The summed E-state index contributed by atoms with van der Waals surface area (Å²) < 4.78 is 34.7. The van der Waals surface area contributed by atoms with Crippen LogP contribution in [-0.2, 0) is 30.6 Å². The Morgan fingerprint density at radius 1 is 1.02 bits per heavy atom. The maximum Gasteiger partial charge on any atom is 0.407 e. The lowest BCUT2D eigenvalue weighted by molar-refractivity contribution is -0.136. The quantitative estimate of drug-likeness (QED) is 0.174. The van der Waals surface area contributed by atoms with Gasteiger partial charge in [0.15, 0.2) is 9.84 Å². The first-order valence-electron chi connectivity index (χ1n) is 16.9. The Hall–Kier alpha value is -5.91. The van der Waals surface area contributed by atoms with Gasteiger partial charge in [-0.2, -0.15) is 0 Å². The smallest absolute Gasteiger partial charge is 0.407 e. The van der Waals surface area contributed by atoms with E-state index in [1.54, 1.807) is 12.1 Å². The Kier molecular flexibility index (Phi) is 10.7. The van der Waals surface area contributed by atoms with Crippen molar-refractivity contribution in [1.29, 1.82) is 0 Å². The highest BCUT2D eigenvalue weighted by molar-refractivity contribution is 7.90. The third-order valence-corrected chi connectivity index (χ3v) is 10.2. The Labute approximate surface area is 304 Å². The van der Waals surface area contributed by atoms with E-state index in [1.807, 2.05) is 4.90 Å². The van der Waals surface area contributed by atoms with Crippen LogP contribution in [0.5, 0.6) is 5.75 Å². The van der Waals surface area contributed by atoms with Crippen molar-refractivity contribution in [1.82, 2.24) is 25.5 Å². The molecule has 2 fully saturated rings. The van der Waals surface area contributed by atoms with Gasteiger partial charge in [-0.25, -0.2) is 23.2 Å². The summed E-state index contributed by atoms with van der Waals surface area (Å²) in [6.07, 6.45) is 4.01. The Balaban J connectivity index is 0.972. The van der Waals surface area contributed by atoms with E-state index in [4.69, 9.17) is 15.2 Å². The topological polar surface area (TPSA) is 237 Å². The number of imide groups is 2. The number of alkyl carbamates (subject to hydrolysis) is 1. The average molecular weight is 748 g/mol. The van der Waals surface area contributed by atoms with Crippen molar-refractivity contribution < 1.29 is 46.7 Å². The van der Waals surface area contributed by atoms with Crippen molar-refractivity contribution in [2.75, 3.05) is 37.5 Å². The summed E-state index contributed by atoms with van der Waals surface area (Å²) >= 11 is 0.